The Morgan fingerprint density at radius 3 is 2.67 bits per heavy atom. The average Bonchev–Trinajstić information content (AvgIpc) is 3.62. The normalized spacial score (nSPS) is 15.5. The van der Waals surface area contributed by atoms with Crippen molar-refractivity contribution in [2.45, 2.75) is 45.6 Å². The van der Waals surface area contributed by atoms with Crippen molar-refractivity contribution < 1.29 is 14.3 Å². The van der Waals surface area contributed by atoms with E-state index in [0.717, 1.165) is 25.0 Å². The third-order valence-electron chi connectivity index (χ3n) is 5.76. The predicted molar refractivity (Wildman–Crippen MR) is 123 cm³/mol. The highest BCUT2D eigenvalue weighted by atomic mass is 16.5. The molecule has 0 unspecified atom stereocenters. The first-order valence-corrected chi connectivity index (χ1v) is 11.3. The van der Waals surface area contributed by atoms with Gasteiger partial charge in [-0.2, -0.15) is 0 Å². The van der Waals surface area contributed by atoms with Gasteiger partial charge in [0.05, 0.1) is 24.2 Å². The number of carbonyl (C=O) groups is 1. The Morgan fingerprint density at radius 1 is 1.18 bits per heavy atom. The van der Waals surface area contributed by atoms with Crippen LogP contribution in [0.3, 0.4) is 0 Å². The molecule has 1 aromatic carbocycles. The molecule has 3 heterocycles. The molecule has 9 heteroatoms. The molecular formula is C24H26N4O5. The summed E-state index contributed by atoms with van der Waals surface area (Å²) in [6, 6.07) is 6.87. The zero-order chi connectivity index (χ0) is 23.1. The van der Waals surface area contributed by atoms with E-state index < -0.39 is 17.2 Å². The Hall–Kier alpha value is -3.62. The van der Waals surface area contributed by atoms with E-state index in [-0.39, 0.29) is 28.4 Å². The number of rotatable bonds is 5. The number of fused-ring (bicyclic) bond motifs is 2. The first-order chi connectivity index (χ1) is 15.9. The minimum atomic E-state index is -0.617. The summed E-state index contributed by atoms with van der Waals surface area (Å²) >= 11 is 0. The molecule has 0 saturated heterocycles. The maximum atomic E-state index is 13.4. The number of aromatic amines is 1. The summed E-state index contributed by atoms with van der Waals surface area (Å²) in [5, 5.41) is 2.98. The van der Waals surface area contributed by atoms with Crippen molar-refractivity contribution in [2.75, 3.05) is 18.5 Å². The molecule has 172 valence electrons. The Labute approximate surface area is 189 Å². The molecule has 2 aliphatic rings. The standard InChI is InChI=1S/C24H26N4O5/c1-13(2)12-28-21-20(23(30)27-24(28)31)16(11-17(26-21)14-4-5-14)22(29)25-15-6-7-18-19(10-15)33-9-3-8-32-18/h6-7,10-11,13-14H,3-5,8-9,12H2,1-2H3,(H,25,29)(H,27,30,31). The number of amides is 1. The summed E-state index contributed by atoms with van der Waals surface area (Å²) in [5.74, 6) is 1.14. The Balaban J connectivity index is 1.60. The number of hydrogen-bond donors (Lipinski definition) is 2. The van der Waals surface area contributed by atoms with Gasteiger partial charge in [-0.15, -0.1) is 0 Å². The third kappa shape index (κ3) is 4.22. The number of anilines is 1. The van der Waals surface area contributed by atoms with Crippen LogP contribution in [0.25, 0.3) is 11.0 Å². The molecule has 0 atom stereocenters. The fourth-order valence-electron chi connectivity index (χ4n) is 4.03. The number of pyridine rings is 1. The summed E-state index contributed by atoms with van der Waals surface area (Å²) in [4.78, 5) is 45.8. The number of benzene rings is 1. The fourth-order valence-corrected chi connectivity index (χ4v) is 4.03. The third-order valence-corrected chi connectivity index (χ3v) is 5.76. The second kappa shape index (κ2) is 8.38. The van der Waals surface area contributed by atoms with E-state index in [1.807, 2.05) is 13.8 Å². The molecule has 1 aliphatic heterocycles. The maximum Gasteiger partial charge on any atom is 0.330 e. The van der Waals surface area contributed by atoms with Crippen molar-refractivity contribution in [3.05, 3.63) is 56.4 Å². The molecule has 0 bridgehead atoms. The van der Waals surface area contributed by atoms with Gasteiger partial charge in [0.25, 0.3) is 11.5 Å². The van der Waals surface area contributed by atoms with E-state index in [2.05, 4.69) is 15.3 Å². The molecule has 9 nitrogen and oxygen atoms in total. The minimum absolute atomic E-state index is 0.117. The molecule has 1 amide bonds. The molecule has 1 fully saturated rings. The van der Waals surface area contributed by atoms with Crippen LogP contribution in [-0.4, -0.2) is 33.7 Å². The maximum absolute atomic E-state index is 13.4. The van der Waals surface area contributed by atoms with Gasteiger partial charge < -0.3 is 14.8 Å². The van der Waals surface area contributed by atoms with Crippen LogP contribution >= 0.6 is 0 Å². The van der Waals surface area contributed by atoms with Crippen LogP contribution in [0.5, 0.6) is 11.5 Å². The van der Waals surface area contributed by atoms with Gasteiger partial charge >= 0.3 is 5.69 Å². The molecule has 0 radical (unpaired) electrons. The lowest BCUT2D eigenvalue weighted by molar-refractivity contribution is 0.102. The van der Waals surface area contributed by atoms with Gasteiger partial charge in [-0.1, -0.05) is 13.8 Å². The summed E-state index contributed by atoms with van der Waals surface area (Å²) < 4.78 is 12.8. The van der Waals surface area contributed by atoms with Crippen LogP contribution in [-0.2, 0) is 6.54 Å². The zero-order valence-electron chi connectivity index (χ0n) is 18.6. The molecule has 33 heavy (non-hydrogen) atoms. The van der Waals surface area contributed by atoms with E-state index in [4.69, 9.17) is 9.47 Å². The lowest BCUT2D eigenvalue weighted by Crippen LogP contribution is -2.33. The first kappa shape index (κ1) is 21.2. The fraction of sp³-hybridized carbons (Fsp3) is 0.417. The van der Waals surface area contributed by atoms with Crippen molar-refractivity contribution in [1.29, 1.82) is 0 Å². The van der Waals surface area contributed by atoms with Gasteiger partial charge in [0.2, 0.25) is 0 Å². The van der Waals surface area contributed by atoms with Crippen LogP contribution < -0.4 is 26.0 Å². The van der Waals surface area contributed by atoms with Gasteiger partial charge in [0.15, 0.2) is 17.1 Å². The van der Waals surface area contributed by atoms with E-state index in [0.29, 0.717) is 36.9 Å². The van der Waals surface area contributed by atoms with Crippen LogP contribution in [0.15, 0.2) is 33.9 Å². The molecule has 1 saturated carbocycles. The van der Waals surface area contributed by atoms with Crippen molar-refractivity contribution in [3.63, 3.8) is 0 Å². The zero-order valence-corrected chi connectivity index (χ0v) is 18.6. The van der Waals surface area contributed by atoms with Gasteiger partial charge in [0, 0.05) is 36.3 Å². The number of ether oxygens (including phenoxy) is 2. The number of hydrogen-bond acceptors (Lipinski definition) is 6. The smallest absolute Gasteiger partial charge is 0.330 e. The van der Waals surface area contributed by atoms with Crippen LogP contribution in [0.4, 0.5) is 5.69 Å². The van der Waals surface area contributed by atoms with E-state index >= 15 is 0 Å². The summed E-state index contributed by atoms with van der Waals surface area (Å²) in [7, 11) is 0. The number of H-pyrrole nitrogens is 1. The second-order valence-corrected chi connectivity index (χ2v) is 9.00. The highest BCUT2D eigenvalue weighted by Crippen LogP contribution is 2.40. The monoisotopic (exact) mass is 450 g/mol. The van der Waals surface area contributed by atoms with Crippen molar-refractivity contribution in [3.8, 4) is 11.5 Å². The summed E-state index contributed by atoms with van der Waals surface area (Å²) in [5.41, 5.74) is 0.575. The Kier molecular flexibility index (Phi) is 5.39. The van der Waals surface area contributed by atoms with Crippen molar-refractivity contribution >= 4 is 22.6 Å². The molecular weight excluding hydrogens is 424 g/mol. The van der Waals surface area contributed by atoms with Gasteiger partial charge in [-0.25, -0.2) is 9.78 Å². The topological polar surface area (TPSA) is 115 Å². The number of nitrogens with one attached hydrogen (secondary N) is 2. The molecule has 2 N–H and O–H groups in total. The van der Waals surface area contributed by atoms with Gasteiger partial charge in [-0.05, 0) is 37.0 Å². The van der Waals surface area contributed by atoms with Gasteiger partial charge in [-0.3, -0.25) is 19.1 Å². The number of aromatic nitrogens is 3. The molecule has 1 aliphatic carbocycles. The van der Waals surface area contributed by atoms with E-state index in [1.54, 1.807) is 24.3 Å². The summed E-state index contributed by atoms with van der Waals surface area (Å²) in [6.07, 6.45) is 2.73. The average molecular weight is 450 g/mol. The highest BCUT2D eigenvalue weighted by molar-refractivity contribution is 6.12. The highest BCUT2D eigenvalue weighted by Gasteiger charge is 2.29. The first-order valence-electron chi connectivity index (χ1n) is 11.3. The van der Waals surface area contributed by atoms with E-state index in [9.17, 15) is 14.4 Å². The number of carbonyl (C=O) groups excluding carboxylic acids is 1. The largest absolute Gasteiger partial charge is 0.490 e. The molecule has 0 spiro atoms. The van der Waals surface area contributed by atoms with Crippen LogP contribution in [0, 0.1) is 5.92 Å². The van der Waals surface area contributed by atoms with Crippen LogP contribution in [0.1, 0.15) is 55.1 Å². The van der Waals surface area contributed by atoms with Gasteiger partial charge in [0.1, 0.15) is 0 Å². The quantitative estimate of drug-likeness (QED) is 0.617. The Bertz CT molecular complexity index is 1350. The minimum Gasteiger partial charge on any atom is -0.490 e. The lowest BCUT2D eigenvalue weighted by atomic mass is 10.1. The predicted octanol–water partition coefficient (Wildman–Crippen LogP) is 3.03. The van der Waals surface area contributed by atoms with E-state index in [1.165, 1.54) is 4.57 Å². The molecule has 2 aromatic heterocycles. The van der Waals surface area contributed by atoms with Crippen molar-refractivity contribution in [2.24, 2.45) is 5.92 Å². The second-order valence-electron chi connectivity index (χ2n) is 9.00. The molecule has 5 rings (SSSR count). The Morgan fingerprint density at radius 2 is 1.94 bits per heavy atom. The lowest BCUT2D eigenvalue weighted by Gasteiger charge is -2.15. The molecule has 3 aromatic rings. The SMILES string of the molecule is CC(C)Cn1c(=O)[nH]c(=O)c2c(C(=O)Nc3ccc4c(c3)OCCCO4)cc(C3CC3)nc21. The summed E-state index contributed by atoms with van der Waals surface area (Å²) in [6.45, 7) is 5.45. The van der Waals surface area contributed by atoms with Crippen LogP contribution in [0.2, 0.25) is 0 Å². The van der Waals surface area contributed by atoms with Crippen molar-refractivity contribution in [1.82, 2.24) is 14.5 Å². The number of nitrogens with zero attached hydrogens (tertiary/aromatic N) is 2.